The number of ether oxygens (including phenoxy) is 3. The average Bonchev–Trinajstić information content (AvgIpc) is 3.13. The Labute approximate surface area is 345 Å². The Morgan fingerprint density at radius 1 is 0.661 bits per heavy atom. The molecule has 3 atom stereocenters. The number of carbonyl (C=O) groups is 4. The third-order valence-electron chi connectivity index (χ3n) is 12.6. The van der Waals surface area contributed by atoms with Crippen LogP contribution in [0.3, 0.4) is 0 Å². The molecule has 6 rings (SSSR count). The molecule has 4 bridgehead atoms. The number of esters is 3. The van der Waals surface area contributed by atoms with Crippen LogP contribution in [0.5, 0.6) is 0 Å². The molecule has 0 aromatic carbocycles. The molecule has 0 amide bonds. The maximum Gasteiger partial charge on any atom is 0.426 e. The monoisotopic (exact) mass is 852 g/mol. The van der Waals surface area contributed by atoms with Crippen molar-refractivity contribution in [1.82, 2.24) is 0 Å². The fourth-order valence-corrected chi connectivity index (χ4v) is 9.50. The van der Waals surface area contributed by atoms with Gasteiger partial charge in [0.25, 0.3) is 5.60 Å². The van der Waals surface area contributed by atoms with Crippen LogP contribution in [-0.4, -0.2) is 75.3 Å². The summed E-state index contributed by atoms with van der Waals surface area (Å²) in [6.45, 7) is 23.8. The van der Waals surface area contributed by atoms with Crippen LogP contribution >= 0.6 is 0 Å². The van der Waals surface area contributed by atoms with Crippen molar-refractivity contribution < 1.29 is 69.9 Å². The van der Waals surface area contributed by atoms with E-state index in [4.69, 9.17) is 14.2 Å². The highest BCUT2D eigenvalue weighted by molar-refractivity contribution is 5.88. The summed E-state index contributed by atoms with van der Waals surface area (Å²) in [4.78, 5) is 45.6. The van der Waals surface area contributed by atoms with Crippen LogP contribution < -0.4 is 0 Å². The van der Waals surface area contributed by atoms with Crippen molar-refractivity contribution in [3.63, 3.8) is 0 Å². The largest absolute Gasteiger partial charge is 0.459 e. The lowest BCUT2D eigenvalue weighted by atomic mass is 9.49. The van der Waals surface area contributed by atoms with Gasteiger partial charge in [0.2, 0.25) is 0 Å². The van der Waals surface area contributed by atoms with Crippen molar-refractivity contribution in [3.05, 3.63) is 36.5 Å². The minimum absolute atomic E-state index is 0.0752. The van der Waals surface area contributed by atoms with E-state index in [-0.39, 0.29) is 41.4 Å². The Bertz CT molecular complexity index is 1470. The van der Waals surface area contributed by atoms with Crippen LogP contribution in [0, 0.1) is 35.5 Å². The zero-order valence-electron chi connectivity index (χ0n) is 36.0. The van der Waals surface area contributed by atoms with E-state index in [9.17, 15) is 55.7 Å². The lowest BCUT2D eigenvalue weighted by molar-refractivity contribution is -0.390. The molecule has 338 valence electrons. The number of alkyl halides is 6. The number of hydrogen-bond donors (Lipinski definition) is 2. The molecule has 0 spiro atoms. The highest BCUT2D eigenvalue weighted by atomic mass is 19.4. The zero-order chi connectivity index (χ0) is 45.5. The number of halogens is 6. The SMILES string of the molecule is C=C(C)C(=O)OC1(CC)C2CC3CC(C2)CC1C3.C=C(C)C(=O)OC1CC(C(C)(C)O)CC(C(O)(C(F)(F)F)C(F)(F)F)C1.C=C(C)C(=O)OC1CCC(=O)CC1.CC. The molecular formula is C44H66F6O9. The van der Waals surface area contributed by atoms with E-state index < -0.39 is 60.3 Å². The highest BCUT2D eigenvalue weighted by Gasteiger charge is 2.74. The Morgan fingerprint density at radius 2 is 1.05 bits per heavy atom. The molecule has 6 saturated carbocycles. The third-order valence-corrected chi connectivity index (χ3v) is 12.6. The maximum absolute atomic E-state index is 13.2. The summed E-state index contributed by atoms with van der Waals surface area (Å²) in [6, 6.07) is 0. The van der Waals surface area contributed by atoms with Gasteiger partial charge in [-0.1, -0.05) is 40.5 Å². The molecule has 6 aliphatic rings. The van der Waals surface area contributed by atoms with Crippen molar-refractivity contribution >= 4 is 23.7 Å². The molecular weight excluding hydrogens is 786 g/mol. The summed E-state index contributed by atoms with van der Waals surface area (Å²) in [5, 5.41) is 19.8. The van der Waals surface area contributed by atoms with Crippen molar-refractivity contribution in [2.24, 2.45) is 35.5 Å². The molecule has 6 aliphatic carbocycles. The smallest absolute Gasteiger partial charge is 0.426 e. The van der Waals surface area contributed by atoms with E-state index in [0.717, 1.165) is 18.3 Å². The van der Waals surface area contributed by atoms with Crippen LogP contribution in [0.4, 0.5) is 26.3 Å². The Kier molecular flexibility index (Phi) is 18.1. The van der Waals surface area contributed by atoms with Crippen LogP contribution in [0.1, 0.15) is 139 Å². The summed E-state index contributed by atoms with van der Waals surface area (Å²) in [6.07, 6.45) is -5.16. The number of ketones is 1. The molecule has 0 saturated heterocycles. The molecule has 0 heterocycles. The molecule has 6 fully saturated rings. The van der Waals surface area contributed by atoms with Gasteiger partial charge in [0.05, 0.1) is 5.60 Å². The van der Waals surface area contributed by atoms with E-state index in [0.29, 0.717) is 48.7 Å². The number of rotatable bonds is 9. The van der Waals surface area contributed by atoms with Crippen molar-refractivity contribution in [2.75, 3.05) is 0 Å². The molecule has 59 heavy (non-hydrogen) atoms. The van der Waals surface area contributed by atoms with E-state index in [1.165, 1.54) is 52.9 Å². The molecule has 0 aliphatic heterocycles. The summed E-state index contributed by atoms with van der Waals surface area (Å²) < 4.78 is 95.1. The fourth-order valence-electron chi connectivity index (χ4n) is 9.50. The summed E-state index contributed by atoms with van der Waals surface area (Å²) in [5.74, 6) is -1.56. The lowest BCUT2D eigenvalue weighted by Crippen LogP contribution is -2.63. The molecule has 15 heteroatoms. The van der Waals surface area contributed by atoms with Gasteiger partial charge in [0.1, 0.15) is 23.6 Å². The number of carbonyl (C=O) groups excluding carboxylic acids is 4. The molecule has 2 N–H and O–H groups in total. The van der Waals surface area contributed by atoms with Gasteiger partial charge in [-0.05, 0) is 135 Å². The molecule has 0 aromatic heterocycles. The molecule has 0 aromatic rings. The van der Waals surface area contributed by atoms with E-state index in [1.54, 1.807) is 13.8 Å². The van der Waals surface area contributed by atoms with Gasteiger partial charge in [0, 0.05) is 35.5 Å². The minimum Gasteiger partial charge on any atom is -0.459 e. The van der Waals surface area contributed by atoms with Crippen molar-refractivity contribution in [3.8, 4) is 0 Å². The van der Waals surface area contributed by atoms with Gasteiger partial charge < -0.3 is 24.4 Å². The first-order chi connectivity index (χ1) is 27.0. The molecule has 0 radical (unpaired) electrons. The van der Waals surface area contributed by atoms with Crippen molar-refractivity contribution in [2.45, 2.75) is 180 Å². The first kappa shape index (κ1) is 51.9. The zero-order valence-corrected chi connectivity index (χ0v) is 36.0. The van der Waals surface area contributed by atoms with E-state index in [1.807, 2.05) is 13.8 Å². The number of aliphatic hydroxyl groups is 2. The van der Waals surface area contributed by atoms with Gasteiger partial charge in [-0.25, -0.2) is 14.4 Å². The quantitative estimate of drug-likeness (QED) is 0.101. The number of Topliss-reactive ketones (excluding diaryl/α,β-unsaturated/α-hetero) is 1. The van der Waals surface area contributed by atoms with E-state index in [2.05, 4.69) is 26.7 Å². The second-order valence-corrected chi connectivity index (χ2v) is 17.5. The first-order valence-electron chi connectivity index (χ1n) is 20.8. The Hall–Kier alpha value is -3.20. The minimum atomic E-state index is -5.99. The third kappa shape index (κ3) is 12.9. The van der Waals surface area contributed by atoms with Gasteiger partial charge in [-0.2, -0.15) is 26.3 Å². The van der Waals surface area contributed by atoms with Crippen LogP contribution in [0.2, 0.25) is 0 Å². The second-order valence-electron chi connectivity index (χ2n) is 17.5. The van der Waals surface area contributed by atoms with Crippen LogP contribution in [0.15, 0.2) is 36.5 Å². The van der Waals surface area contributed by atoms with Crippen LogP contribution in [0.25, 0.3) is 0 Å². The molecule has 9 nitrogen and oxygen atoms in total. The number of hydrogen-bond acceptors (Lipinski definition) is 9. The maximum atomic E-state index is 13.2. The second kappa shape index (κ2) is 20.6. The van der Waals surface area contributed by atoms with Gasteiger partial charge in [-0.3, -0.25) is 4.79 Å². The average molecular weight is 853 g/mol. The topological polar surface area (TPSA) is 136 Å². The summed E-state index contributed by atoms with van der Waals surface area (Å²) >= 11 is 0. The van der Waals surface area contributed by atoms with Gasteiger partial charge in [-0.15, -0.1) is 0 Å². The highest BCUT2D eigenvalue weighted by Crippen LogP contribution is 2.61. The fraction of sp³-hybridized carbons (Fsp3) is 0.773. The van der Waals surface area contributed by atoms with Gasteiger partial charge >= 0.3 is 30.3 Å². The first-order valence-corrected chi connectivity index (χ1v) is 20.8. The predicted molar refractivity (Wildman–Crippen MR) is 209 cm³/mol. The Balaban J connectivity index is 0.000000315. The van der Waals surface area contributed by atoms with E-state index >= 15 is 0 Å². The summed E-state index contributed by atoms with van der Waals surface area (Å²) in [7, 11) is 0. The van der Waals surface area contributed by atoms with Crippen molar-refractivity contribution in [1.29, 1.82) is 0 Å². The normalized spacial score (nSPS) is 29.2. The summed E-state index contributed by atoms with van der Waals surface area (Å²) in [5.41, 5.74) is -5.89. The predicted octanol–water partition coefficient (Wildman–Crippen LogP) is 9.87. The standard InChI is InChI=1S/C16H22F6O4.C16H24O2.C10H14O3.C2H6/c1-8(2)12(23)26-11-6-9(13(3,4)24)5-10(7-11)14(25,15(17,18)19)16(20,21)22;1-4-16(18-15(17)10(2)3)13-6-11-5-12(8-13)9-14(16)7-11;1-7(2)10(12)13-9-5-3-8(11)4-6-9;1-2/h9-11,24-25H,1,5-7H2,2-4H3;11-14H,2,4-9H2,1,3H3;9H,1,3-6H2,2H3;1-2H3. The van der Waals surface area contributed by atoms with Gasteiger partial charge in [0.15, 0.2) is 0 Å². The molecule has 3 unspecified atom stereocenters. The lowest BCUT2D eigenvalue weighted by Gasteiger charge is -2.60. The Morgan fingerprint density at radius 3 is 1.41 bits per heavy atom. The van der Waals surface area contributed by atoms with Crippen LogP contribution in [-0.2, 0) is 33.4 Å².